The van der Waals surface area contributed by atoms with Gasteiger partial charge in [-0.05, 0) is 31.0 Å². The van der Waals surface area contributed by atoms with Gasteiger partial charge >= 0.3 is 0 Å². The monoisotopic (exact) mass is 235 g/mol. The third kappa shape index (κ3) is 5.38. The molecule has 1 N–H and O–H groups in total. The van der Waals surface area contributed by atoms with E-state index in [0.717, 1.165) is 24.3 Å². The average Bonchev–Trinajstić information content (AvgIpc) is 2.36. The second-order valence-electron chi connectivity index (χ2n) is 4.21. The topological polar surface area (TPSA) is 41.8 Å². The molecule has 0 atom stereocenters. The standard InChI is InChI=1S/C14H21NO2/c1-3-4-5-10-17-14-8-6-13(7-9-14)11-12(2)15-16/h6-9,16H,3-5,10-11H2,1-2H3/b15-12+. The van der Waals surface area contributed by atoms with Crippen LogP contribution in [0.2, 0.25) is 0 Å². The summed E-state index contributed by atoms with van der Waals surface area (Å²) in [6.45, 7) is 4.76. The Hall–Kier alpha value is -1.51. The molecule has 0 aliphatic carbocycles. The van der Waals surface area contributed by atoms with Crippen molar-refractivity contribution in [2.45, 2.75) is 39.5 Å². The first-order chi connectivity index (χ1) is 8.26. The van der Waals surface area contributed by atoms with Crippen LogP contribution in [0, 0.1) is 0 Å². The summed E-state index contributed by atoms with van der Waals surface area (Å²) in [5.41, 5.74) is 1.84. The molecule has 1 rings (SSSR count). The summed E-state index contributed by atoms with van der Waals surface area (Å²) < 4.78 is 5.61. The lowest BCUT2D eigenvalue weighted by Crippen LogP contribution is -1.99. The largest absolute Gasteiger partial charge is 0.494 e. The zero-order valence-electron chi connectivity index (χ0n) is 10.6. The first-order valence-corrected chi connectivity index (χ1v) is 6.15. The van der Waals surface area contributed by atoms with Crippen molar-refractivity contribution in [3.8, 4) is 5.75 Å². The molecule has 0 saturated carbocycles. The Kier molecular flexibility index (Phi) is 6.15. The third-order valence-corrected chi connectivity index (χ3v) is 2.57. The number of hydrogen-bond donors (Lipinski definition) is 1. The number of hydrogen-bond acceptors (Lipinski definition) is 3. The summed E-state index contributed by atoms with van der Waals surface area (Å²) in [6, 6.07) is 7.94. The van der Waals surface area contributed by atoms with E-state index in [4.69, 9.17) is 9.94 Å². The fraction of sp³-hybridized carbons (Fsp3) is 0.500. The van der Waals surface area contributed by atoms with Gasteiger partial charge in [0, 0.05) is 6.42 Å². The lowest BCUT2D eigenvalue weighted by atomic mass is 10.1. The lowest BCUT2D eigenvalue weighted by molar-refractivity contribution is 0.306. The van der Waals surface area contributed by atoms with Gasteiger partial charge in [0.15, 0.2) is 0 Å². The van der Waals surface area contributed by atoms with Gasteiger partial charge in [-0.2, -0.15) is 0 Å². The molecular formula is C14H21NO2. The summed E-state index contributed by atoms with van der Waals surface area (Å²) in [6.07, 6.45) is 4.20. The van der Waals surface area contributed by atoms with E-state index in [1.54, 1.807) is 6.92 Å². The van der Waals surface area contributed by atoms with E-state index in [9.17, 15) is 0 Å². The van der Waals surface area contributed by atoms with Crippen molar-refractivity contribution in [2.24, 2.45) is 5.16 Å². The molecule has 0 aliphatic rings. The Morgan fingerprint density at radius 2 is 1.94 bits per heavy atom. The molecule has 0 amide bonds. The van der Waals surface area contributed by atoms with Gasteiger partial charge in [-0.1, -0.05) is 37.1 Å². The molecule has 0 heterocycles. The maximum Gasteiger partial charge on any atom is 0.119 e. The predicted octanol–water partition coefficient (Wildman–Crippen LogP) is 3.65. The Bertz CT molecular complexity index is 344. The molecule has 0 fully saturated rings. The Morgan fingerprint density at radius 3 is 2.53 bits per heavy atom. The van der Waals surface area contributed by atoms with Gasteiger partial charge in [0.25, 0.3) is 0 Å². The minimum atomic E-state index is 0.673. The zero-order valence-corrected chi connectivity index (χ0v) is 10.6. The smallest absolute Gasteiger partial charge is 0.119 e. The van der Waals surface area contributed by atoms with Gasteiger partial charge in [0.05, 0.1) is 12.3 Å². The zero-order chi connectivity index (χ0) is 12.5. The van der Waals surface area contributed by atoms with Crippen LogP contribution < -0.4 is 4.74 Å². The number of unbranched alkanes of at least 4 members (excludes halogenated alkanes) is 2. The van der Waals surface area contributed by atoms with Crippen molar-refractivity contribution < 1.29 is 9.94 Å². The highest BCUT2D eigenvalue weighted by Gasteiger charge is 1.98. The summed E-state index contributed by atoms with van der Waals surface area (Å²) >= 11 is 0. The third-order valence-electron chi connectivity index (χ3n) is 2.57. The Morgan fingerprint density at radius 1 is 1.24 bits per heavy atom. The van der Waals surface area contributed by atoms with Crippen LogP contribution in [-0.4, -0.2) is 17.5 Å². The maximum absolute atomic E-state index is 8.58. The maximum atomic E-state index is 8.58. The van der Waals surface area contributed by atoms with Gasteiger partial charge in [0.2, 0.25) is 0 Å². The van der Waals surface area contributed by atoms with Crippen LogP contribution in [0.25, 0.3) is 0 Å². The normalized spacial score (nSPS) is 11.5. The quantitative estimate of drug-likeness (QED) is 0.339. The van der Waals surface area contributed by atoms with Gasteiger partial charge < -0.3 is 9.94 Å². The van der Waals surface area contributed by atoms with Crippen molar-refractivity contribution in [3.63, 3.8) is 0 Å². The number of ether oxygens (including phenoxy) is 1. The molecule has 0 unspecified atom stereocenters. The van der Waals surface area contributed by atoms with Crippen molar-refractivity contribution in [2.75, 3.05) is 6.61 Å². The number of benzene rings is 1. The summed E-state index contributed by atoms with van der Waals surface area (Å²) in [5.74, 6) is 0.906. The minimum absolute atomic E-state index is 0.673. The molecule has 0 spiro atoms. The average molecular weight is 235 g/mol. The summed E-state index contributed by atoms with van der Waals surface area (Å²) in [4.78, 5) is 0. The van der Waals surface area contributed by atoms with Crippen LogP contribution in [0.5, 0.6) is 5.75 Å². The Balaban J connectivity index is 2.39. The number of rotatable bonds is 7. The number of nitrogens with zero attached hydrogens (tertiary/aromatic N) is 1. The molecule has 3 heteroatoms. The molecule has 1 aromatic carbocycles. The number of oxime groups is 1. The van der Waals surface area contributed by atoms with E-state index in [2.05, 4.69) is 12.1 Å². The molecular weight excluding hydrogens is 214 g/mol. The van der Waals surface area contributed by atoms with E-state index < -0.39 is 0 Å². The van der Waals surface area contributed by atoms with Gasteiger partial charge in [-0.25, -0.2) is 0 Å². The molecule has 1 aromatic rings. The summed E-state index contributed by atoms with van der Waals surface area (Å²) in [7, 11) is 0. The fourth-order valence-corrected chi connectivity index (χ4v) is 1.58. The van der Waals surface area contributed by atoms with Crippen LogP contribution >= 0.6 is 0 Å². The molecule has 0 bridgehead atoms. The molecule has 0 aliphatic heterocycles. The van der Waals surface area contributed by atoms with E-state index >= 15 is 0 Å². The second-order valence-corrected chi connectivity index (χ2v) is 4.21. The SMILES string of the molecule is CCCCCOc1ccc(C/C(C)=N/O)cc1. The molecule has 17 heavy (non-hydrogen) atoms. The highest BCUT2D eigenvalue weighted by atomic mass is 16.5. The highest BCUT2D eigenvalue weighted by molar-refractivity contribution is 5.83. The highest BCUT2D eigenvalue weighted by Crippen LogP contribution is 2.13. The fourth-order valence-electron chi connectivity index (χ4n) is 1.58. The molecule has 0 radical (unpaired) electrons. The van der Waals surface area contributed by atoms with E-state index in [0.29, 0.717) is 12.1 Å². The van der Waals surface area contributed by atoms with Crippen molar-refractivity contribution in [3.05, 3.63) is 29.8 Å². The lowest BCUT2D eigenvalue weighted by Gasteiger charge is -2.06. The summed E-state index contributed by atoms with van der Waals surface area (Å²) in [5, 5.41) is 11.7. The van der Waals surface area contributed by atoms with Crippen molar-refractivity contribution in [1.82, 2.24) is 0 Å². The molecule has 3 nitrogen and oxygen atoms in total. The van der Waals surface area contributed by atoms with E-state index in [-0.39, 0.29) is 0 Å². The van der Waals surface area contributed by atoms with Gasteiger partial charge in [0.1, 0.15) is 5.75 Å². The van der Waals surface area contributed by atoms with Gasteiger partial charge in [-0.15, -0.1) is 0 Å². The first kappa shape index (κ1) is 13.6. The Labute approximate surface area is 103 Å². The van der Waals surface area contributed by atoms with Crippen LogP contribution in [0.15, 0.2) is 29.4 Å². The van der Waals surface area contributed by atoms with Crippen molar-refractivity contribution >= 4 is 5.71 Å². The van der Waals surface area contributed by atoms with Crippen LogP contribution in [-0.2, 0) is 6.42 Å². The molecule has 94 valence electrons. The predicted molar refractivity (Wildman–Crippen MR) is 70.1 cm³/mol. The van der Waals surface area contributed by atoms with Gasteiger partial charge in [-0.3, -0.25) is 0 Å². The van der Waals surface area contributed by atoms with Crippen molar-refractivity contribution in [1.29, 1.82) is 0 Å². The molecule has 0 aromatic heterocycles. The minimum Gasteiger partial charge on any atom is -0.494 e. The van der Waals surface area contributed by atoms with E-state index in [1.807, 2.05) is 24.3 Å². The first-order valence-electron chi connectivity index (χ1n) is 6.15. The second kappa shape index (κ2) is 7.71. The van der Waals surface area contributed by atoms with E-state index in [1.165, 1.54) is 12.8 Å². The van der Waals surface area contributed by atoms with Crippen LogP contribution in [0.3, 0.4) is 0 Å². The van der Waals surface area contributed by atoms with Crippen LogP contribution in [0.4, 0.5) is 0 Å². The molecule has 0 saturated heterocycles. The van der Waals surface area contributed by atoms with Crippen LogP contribution in [0.1, 0.15) is 38.7 Å².